The van der Waals surface area contributed by atoms with Crippen molar-refractivity contribution in [2.24, 2.45) is 0 Å². The number of rotatable bonds is 3. The Balaban J connectivity index is 2.36. The summed E-state index contributed by atoms with van der Waals surface area (Å²) in [4.78, 5) is 8.37. The normalized spacial score (nSPS) is 10.6. The Morgan fingerprint density at radius 1 is 1.26 bits per heavy atom. The number of benzene rings is 1. The van der Waals surface area contributed by atoms with Crippen LogP contribution in [-0.4, -0.2) is 9.97 Å². The molecule has 2 aromatic rings. The van der Waals surface area contributed by atoms with Crippen molar-refractivity contribution in [1.29, 1.82) is 0 Å². The van der Waals surface area contributed by atoms with Gasteiger partial charge in [0.2, 0.25) is 5.88 Å². The van der Waals surface area contributed by atoms with Crippen molar-refractivity contribution in [3.8, 4) is 11.6 Å². The van der Waals surface area contributed by atoms with Gasteiger partial charge >= 0.3 is 0 Å². The van der Waals surface area contributed by atoms with Crippen LogP contribution in [0, 0.1) is 5.82 Å². The number of nitrogens with zero attached hydrogens (tertiary/aromatic N) is 2. The van der Waals surface area contributed by atoms with Crippen LogP contribution in [0.5, 0.6) is 11.6 Å². The molecule has 19 heavy (non-hydrogen) atoms. The first-order chi connectivity index (χ1) is 8.99. The maximum Gasteiger partial charge on any atom is 0.223 e. The first kappa shape index (κ1) is 14.7. The summed E-state index contributed by atoms with van der Waals surface area (Å²) in [6.07, 6.45) is 0.673. The van der Waals surface area contributed by atoms with E-state index in [1.165, 1.54) is 12.1 Å². The van der Waals surface area contributed by atoms with E-state index < -0.39 is 5.82 Å². The topological polar surface area (TPSA) is 35.0 Å². The van der Waals surface area contributed by atoms with Gasteiger partial charge in [-0.1, -0.05) is 18.5 Å². The molecule has 0 fully saturated rings. The molecule has 7 heteroatoms. The minimum Gasteiger partial charge on any atom is -0.438 e. The van der Waals surface area contributed by atoms with Gasteiger partial charge in [-0.15, -0.1) is 0 Å². The molecule has 0 saturated carbocycles. The summed E-state index contributed by atoms with van der Waals surface area (Å²) in [5, 5.41) is 0.0253. The van der Waals surface area contributed by atoms with Crippen LogP contribution in [0.15, 0.2) is 27.3 Å². The van der Waals surface area contributed by atoms with Crippen molar-refractivity contribution in [2.45, 2.75) is 13.3 Å². The molecule has 0 aliphatic rings. The fourth-order valence-electron chi connectivity index (χ4n) is 1.35. The molecule has 0 spiro atoms. The summed E-state index contributed by atoms with van der Waals surface area (Å²) >= 11 is 12.2. The molecule has 0 bridgehead atoms. The van der Waals surface area contributed by atoms with Gasteiger partial charge in [-0.3, -0.25) is 0 Å². The van der Waals surface area contributed by atoms with E-state index in [0.29, 0.717) is 33.0 Å². The minimum absolute atomic E-state index is 0.0253. The molecule has 2 rings (SSSR count). The predicted molar refractivity (Wildman–Crippen MR) is 78.3 cm³/mol. The zero-order valence-corrected chi connectivity index (χ0v) is 13.7. The van der Waals surface area contributed by atoms with E-state index in [0.717, 1.165) is 0 Å². The van der Waals surface area contributed by atoms with E-state index in [2.05, 4.69) is 41.8 Å². The van der Waals surface area contributed by atoms with Crippen LogP contribution in [0.4, 0.5) is 4.39 Å². The van der Waals surface area contributed by atoms with Crippen molar-refractivity contribution in [3.63, 3.8) is 0 Å². The van der Waals surface area contributed by atoms with Crippen LogP contribution in [0.1, 0.15) is 12.7 Å². The summed E-state index contributed by atoms with van der Waals surface area (Å²) < 4.78 is 20.1. The summed E-state index contributed by atoms with van der Waals surface area (Å²) in [6.45, 7) is 1.93. The van der Waals surface area contributed by atoms with Crippen LogP contribution in [-0.2, 0) is 6.42 Å². The second kappa shape index (κ2) is 6.15. The van der Waals surface area contributed by atoms with Gasteiger partial charge < -0.3 is 4.74 Å². The van der Waals surface area contributed by atoms with Gasteiger partial charge in [-0.05, 0) is 37.9 Å². The molecule has 0 saturated heterocycles. The van der Waals surface area contributed by atoms with Gasteiger partial charge in [-0.25, -0.2) is 9.37 Å². The highest BCUT2D eigenvalue weighted by molar-refractivity contribution is 9.10. The van der Waals surface area contributed by atoms with E-state index in [9.17, 15) is 4.39 Å². The van der Waals surface area contributed by atoms with Crippen molar-refractivity contribution in [1.82, 2.24) is 9.97 Å². The summed E-state index contributed by atoms with van der Waals surface area (Å²) in [6, 6.07) is 4.25. The second-order valence-electron chi connectivity index (χ2n) is 3.60. The molecule has 3 nitrogen and oxygen atoms in total. The molecule has 0 amide bonds. The maximum absolute atomic E-state index is 13.4. The molecule has 1 aromatic carbocycles. The highest BCUT2D eigenvalue weighted by atomic mass is 79.9. The first-order valence-electron chi connectivity index (χ1n) is 5.35. The Hall–Kier alpha value is -0.720. The van der Waals surface area contributed by atoms with E-state index in [1.54, 1.807) is 6.07 Å². The van der Waals surface area contributed by atoms with Crippen LogP contribution in [0.2, 0.25) is 5.02 Å². The number of aromatic nitrogens is 2. The molecule has 100 valence electrons. The Morgan fingerprint density at radius 3 is 2.68 bits per heavy atom. The fraction of sp³-hybridized carbons (Fsp3) is 0.167. The number of hydrogen-bond donors (Lipinski definition) is 0. The summed E-state index contributed by atoms with van der Waals surface area (Å²) in [5.41, 5.74) is 0. The van der Waals surface area contributed by atoms with Crippen LogP contribution >= 0.6 is 43.5 Å². The van der Waals surface area contributed by atoms with Crippen LogP contribution < -0.4 is 4.74 Å². The monoisotopic (exact) mass is 408 g/mol. The molecule has 0 radical (unpaired) electrons. The number of ether oxygens (including phenoxy) is 1. The molecule has 0 N–H and O–H groups in total. The third-order valence-corrected chi connectivity index (χ3v) is 3.54. The van der Waals surface area contributed by atoms with Crippen molar-refractivity contribution in [2.75, 3.05) is 0 Å². The number of hydrogen-bond acceptors (Lipinski definition) is 3. The average molecular weight is 410 g/mol. The number of halogens is 4. The van der Waals surface area contributed by atoms with Crippen LogP contribution in [0.25, 0.3) is 0 Å². The third kappa shape index (κ3) is 3.64. The quantitative estimate of drug-likeness (QED) is 0.519. The fourth-order valence-corrected chi connectivity index (χ4v) is 2.47. The van der Waals surface area contributed by atoms with Gasteiger partial charge in [0, 0.05) is 18.6 Å². The highest BCUT2D eigenvalue weighted by Crippen LogP contribution is 2.33. The minimum atomic E-state index is -0.552. The predicted octanol–water partition coefficient (Wildman–Crippen LogP) is 5.15. The van der Waals surface area contributed by atoms with Crippen molar-refractivity contribution in [3.05, 3.63) is 43.9 Å². The van der Waals surface area contributed by atoms with Gasteiger partial charge in [-0.2, -0.15) is 4.98 Å². The molecular formula is C12H8Br2ClFN2O. The standard InChI is InChI=1S/C12H8Br2ClFN2O/c1-2-11-17-10(14)5-12(18-11)19-9-4-8(16)7(15)3-6(9)13/h3-5H,2H2,1H3. The van der Waals surface area contributed by atoms with Crippen LogP contribution in [0.3, 0.4) is 0 Å². The maximum atomic E-state index is 13.4. The van der Waals surface area contributed by atoms with Gasteiger partial charge in [0.05, 0.1) is 9.50 Å². The summed E-state index contributed by atoms with van der Waals surface area (Å²) in [7, 11) is 0. The van der Waals surface area contributed by atoms with Gasteiger partial charge in [0.1, 0.15) is 22.0 Å². The van der Waals surface area contributed by atoms with Crippen molar-refractivity contribution < 1.29 is 9.13 Å². The van der Waals surface area contributed by atoms with E-state index >= 15 is 0 Å². The lowest BCUT2D eigenvalue weighted by Gasteiger charge is -2.09. The Bertz CT molecular complexity index is 625. The highest BCUT2D eigenvalue weighted by Gasteiger charge is 2.11. The largest absolute Gasteiger partial charge is 0.438 e. The SMILES string of the molecule is CCc1nc(Br)cc(Oc2cc(F)c(Cl)cc2Br)n1. The molecule has 0 atom stereocenters. The molecule has 0 aliphatic heterocycles. The van der Waals surface area contributed by atoms with Crippen molar-refractivity contribution >= 4 is 43.5 Å². The molecule has 1 aromatic heterocycles. The number of aryl methyl sites for hydroxylation is 1. The lowest BCUT2D eigenvalue weighted by atomic mass is 10.3. The molecule has 0 unspecified atom stereocenters. The zero-order valence-electron chi connectivity index (χ0n) is 9.75. The lowest BCUT2D eigenvalue weighted by Crippen LogP contribution is -1.97. The van der Waals surface area contributed by atoms with E-state index in [1.807, 2.05) is 6.92 Å². The second-order valence-corrected chi connectivity index (χ2v) is 5.67. The van der Waals surface area contributed by atoms with Gasteiger partial charge in [0.15, 0.2) is 0 Å². The smallest absolute Gasteiger partial charge is 0.223 e. The summed E-state index contributed by atoms with van der Waals surface area (Å²) in [5.74, 6) is 0.717. The molecule has 1 heterocycles. The van der Waals surface area contributed by atoms with E-state index in [-0.39, 0.29) is 5.02 Å². The lowest BCUT2D eigenvalue weighted by molar-refractivity contribution is 0.450. The van der Waals surface area contributed by atoms with E-state index in [4.69, 9.17) is 16.3 Å². The Labute approximate surface area is 131 Å². The third-order valence-electron chi connectivity index (χ3n) is 2.22. The Morgan fingerprint density at radius 2 is 2.00 bits per heavy atom. The molecular weight excluding hydrogens is 402 g/mol. The first-order valence-corrected chi connectivity index (χ1v) is 7.32. The average Bonchev–Trinajstić information content (AvgIpc) is 2.35. The molecule has 0 aliphatic carbocycles. The Kier molecular flexibility index (Phi) is 4.76. The van der Waals surface area contributed by atoms with Gasteiger partial charge in [0.25, 0.3) is 0 Å². The zero-order chi connectivity index (χ0) is 14.0.